The number of hydrogen-bond donors (Lipinski definition) is 2. The van der Waals surface area contributed by atoms with Crippen LogP contribution in [-0.4, -0.2) is 74.8 Å². The third-order valence-corrected chi connectivity index (χ3v) is 9.88. The number of likely N-dealkylation sites (tertiary alicyclic amines) is 1. The molecule has 2 aliphatic carbocycles. The summed E-state index contributed by atoms with van der Waals surface area (Å²) in [5.41, 5.74) is 1.17. The Morgan fingerprint density at radius 3 is 2.49 bits per heavy atom. The first-order chi connectivity index (χ1) is 19.3. The lowest BCUT2D eigenvalue weighted by atomic mass is 9.92. The Kier molecular flexibility index (Phi) is 12.7. The van der Waals surface area contributed by atoms with E-state index in [0.29, 0.717) is 24.7 Å². The fourth-order valence-corrected chi connectivity index (χ4v) is 7.33. The highest BCUT2D eigenvalue weighted by molar-refractivity contribution is 7.89. The van der Waals surface area contributed by atoms with Crippen LogP contribution in [0.15, 0.2) is 34.3 Å². The zero-order valence-electron chi connectivity index (χ0n) is 24.1. The van der Waals surface area contributed by atoms with Crippen molar-refractivity contribution in [2.24, 2.45) is 16.9 Å². The van der Waals surface area contributed by atoms with E-state index in [9.17, 15) is 18.0 Å². The second-order valence-corrected chi connectivity index (χ2v) is 13.1. The van der Waals surface area contributed by atoms with Crippen molar-refractivity contribution in [2.45, 2.75) is 100 Å². The number of amides is 1. The fraction of sp³-hybridized carbons (Fsp3) is 0.690. The van der Waals surface area contributed by atoms with Crippen LogP contribution in [0.2, 0.25) is 0 Å². The van der Waals surface area contributed by atoms with Crippen molar-refractivity contribution in [3.05, 3.63) is 29.8 Å². The molecule has 0 radical (unpaired) electrons. The molecule has 0 unspecified atom stereocenters. The summed E-state index contributed by atoms with van der Waals surface area (Å²) < 4.78 is 34.9. The number of piperidine rings is 1. The van der Waals surface area contributed by atoms with Crippen LogP contribution in [-0.2, 0) is 24.3 Å². The lowest BCUT2D eigenvalue weighted by Gasteiger charge is -2.33. The van der Waals surface area contributed by atoms with Crippen LogP contribution in [0.1, 0.15) is 89.0 Å². The summed E-state index contributed by atoms with van der Waals surface area (Å²) in [6.45, 7) is 3.91. The quantitative estimate of drug-likeness (QED) is 0.108. The molecule has 0 aromatic heterocycles. The molecule has 1 aliphatic heterocycles. The van der Waals surface area contributed by atoms with E-state index in [-0.39, 0.29) is 54.8 Å². The van der Waals surface area contributed by atoms with E-state index < -0.39 is 16.1 Å². The van der Waals surface area contributed by atoms with Gasteiger partial charge in [-0.2, -0.15) is 9.82 Å². The van der Waals surface area contributed by atoms with Gasteiger partial charge in [0.15, 0.2) is 0 Å². The number of carbonyl (C=O) groups excluding carboxylic acids is 2. The molecule has 0 spiro atoms. The molecule has 2 atom stereocenters. The first kappa shape index (κ1) is 33.1. The van der Waals surface area contributed by atoms with Crippen LogP contribution in [0.25, 0.3) is 0 Å². The summed E-state index contributed by atoms with van der Waals surface area (Å²) in [6.07, 6.45) is 11.2. The second kappa shape index (κ2) is 15.7. The molecule has 1 amide bonds. The number of nitrogens with two attached hydrogens (primary N) is 1. The molecule has 0 bridgehead atoms. The molecule has 41 heavy (non-hydrogen) atoms. The maximum absolute atomic E-state index is 13.9. The number of nitrogens with one attached hydrogen (secondary N) is 1. The van der Waals surface area contributed by atoms with E-state index in [1.807, 2.05) is 12.1 Å². The van der Waals surface area contributed by atoms with Crippen LogP contribution in [0.3, 0.4) is 0 Å². The Bertz CT molecular complexity index is 1120. The SMILES string of the molecule is CCOC(=O)CCN(C(=O)[C@H](CC[C@@H]1CCCN(C=NN)C1)NS(=O)(=O)c1ccc(C2CCCC2)cc1)C1CC1.Cl. The van der Waals surface area contributed by atoms with Gasteiger partial charge in [-0.05, 0) is 87.8 Å². The van der Waals surface area contributed by atoms with Gasteiger partial charge < -0.3 is 20.4 Å². The van der Waals surface area contributed by atoms with Gasteiger partial charge in [0.2, 0.25) is 15.9 Å². The number of hydrogen-bond acceptors (Lipinski definition) is 7. The molecule has 1 aromatic carbocycles. The number of halogens is 1. The van der Waals surface area contributed by atoms with Crippen molar-refractivity contribution in [2.75, 3.05) is 26.2 Å². The Morgan fingerprint density at radius 1 is 1.15 bits per heavy atom. The monoisotopic (exact) mass is 611 g/mol. The van der Waals surface area contributed by atoms with Gasteiger partial charge in [-0.1, -0.05) is 25.0 Å². The van der Waals surface area contributed by atoms with Gasteiger partial charge in [0, 0.05) is 25.7 Å². The largest absolute Gasteiger partial charge is 0.466 e. The minimum Gasteiger partial charge on any atom is -0.466 e. The van der Waals surface area contributed by atoms with Crippen molar-refractivity contribution in [1.82, 2.24) is 14.5 Å². The summed E-state index contributed by atoms with van der Waals surface area (Å²) in [4.78, 5) is 29.8. The molecular weight excluding hydrogens is 566 g/mol. The molecule has 4 rings (SSSR count). The van der Waals surface area contributed by atoms with Crippen LogP contribution in [0, 0.1) is 5.92 Å². The number of rotatable bonds is 14. The van der Waals surface area contributed by atoms with Crippen LogP contribution < -0.4 is 10.6 Å². The number of esters is 1. The van der Waals surface area contributed by atoms with Gasteiger partial charge in [-0.15, -0.1) is 12.4 Å². The molecule has 3 N–H and O–H groups in total. The maximum atomic E-state index is 13.9. The van der Waals surface area contributed by atoms with Crippen molar-refractivity contribution >= 4 is 40.6 Å². The fourth-order valence-electron chi connectivity index (χ4n) is 6.10. The lowest BCUT2D eigenvalue weighted by Crippen LogP contribution is -2.50. The predicted octanol–water partition coefficient (Wildman–Crippen LogP) is 3.75. The lowest BCUT2D eigenvalue weighted by molar-refractivity contribution is -0.144. The number of ether oxygens (including phenoxy) is 1. The minimum absolute atomic E-state index is 0. The molecule has 1 saturated heterocycles. The number of sulfonamides is 1. The number of hydrazone groups is 1. The van der Waals surface area contributed by atoms with E-state index in [1.54, 1.807) is 30.3 Å². The van der Waals surface area contributed by atoms with Crippen molar-refractivity contribution in [1.29, 1.82) is 0 Å². The third kappa shape index (κ3) is 9.58. The molecule has 12 heteroatoms. The number of benzene rings is 1. The van der Waals surface area contributed by atoms with Crippen molar-refractivity contribution in [3.63, 3.8) is 0 Å². The molecular formula is C29H46ClN5O5S. The number of carbonyl (C=O) groups is 2. The zero-order valence-corrected chi connectivity index (χ0v) is 25.7. The molecule has 230 valence electrons. The summed E-state index contributed by atoms with van der Waals surface area (Å²) in [5.74, 6) is 5.50. The van der Waals surface area contributed by atoms with Crippen LogP contribution in [0.4, 0.5) is 0 Å². The second-order valence-electron chi connectivity index (χ2n) is 11.4. The Hall–Kier alpha value is -2.37. The van der Waals surface area contributed by atoms with E-state index in [1.165, 1.54) is 18.4 Å². The van der Waals surface area contributed by atoms with Gasteiger partial charge in [-0.3, -0.25) is 9.59 Å². The summed E-state index contributed by atoms with van der Waals surface area (Å²) in [5, 5.41) is 3.64. The topological polar surface area (TPSA) is 134 Å². The highest BCUT2D eigenvalue weighted by atomic mass is 35.5. The minimum atomic E-state index is -3.93. The Morgan fingerprint density at radius 2 is 1.85 bits per heavy atom. The van der Waals surface area contributed by atoms with E-state index in [4.69, 9.17) is 10.6 Å². The summed E-state index contributed by atoms with van der Waals surface area (Å²) in [6, 6.07) is 6.25. The van der Waals surface area contributed by atoms with Gasteiger partial charge in [-0.25, -0.2) is 8.42 Å². The predicted molar refractivity (Wildman–Crippen MR) is 161 cm³/mol. The Balaban J connectivity index is 0.00000462. The smallest absolute Gasteiger partial charge is 0.307 e. The third-order valence-electron chi connectivity index (χ3n) is 8.39. The molecule has 2 saturated carbocycles. The van der Waals surface area contributed by atoms with E-state index >= 15 is 0 Å². The normalized spacial score (nSPS) is 20.5. The molecule has 1 heterocycles. The Labute approximate surface area is 250 Å². The molecule has 3 aliphatic rings. The molecule has 3 fully saturated rings. The highest BCUT2D eigenvalue weighted by Gasteiger charge is 2.38. The van der Waals surface area contributed by atoms with E-state index in [2.05, 4.69) is 14.7 Å². The van der Waals surface area contributed by atoms with Crippen LogP contribution >= 0.6 is 12.4 Å². The standard InChI is InChI=1S/C29H45N5O5S.ClH/c1-2-39-28(35)17-19-34(25-12-13-25)29(36)27(16-9-22-6-5-18-33(20-22)21-31-30)32-40(37,38)26-14-10-24(11-15-26)23-7-3-4-8-23;/h10-11,14-15,21-23,25,27,32H,2-9,12-13,16-20,30H2,1H3;1H/t22-,27-;/m0./s1. The highest BCUT2D eigenvalue weighted by Crippen LogP contribution is 2.34. The molecule has 1 aromatic rings. The summed E-state index contributed by atoms with van der Waals surface area (Å²) >= 11 is 0. The first-order valence-electron chi connectivity index (χ1n) is 14.9. The van der Waals surface area contributed by atoms with Crippen molar-refractivity contribution < 1.29 is 22.7 Å². The van der Waals surface area contributed by atoms with Crippen molar-refractivity contribution in [3.8, 4) is 0 Å². The van der Waals surface area contributed by atoms with Gasteiger partial charge in [0.25, 0.3) is 0 Å². The maximum Gasteiger partial charge on any atom is 0.307 e. The van der Waals surface area contributed by atoms with Gasteiger partial charge in [0.1, 0.15) is 12.4 Å². The number of nitrogens with zero attached hydrogens (tertiary/aromatic N) is 3. The average Bonchev–Trinajstić information content (AvgIpc) is 3.63. The average molecular weight is 612 g/mol. The molecule has 10 nitrogen and oxygen atoms in total. The van der Waals surface area contributed by atoms with Gasteiger partial charge >= 0.3 is 5.97 Å². The zero-order chi connectivity index (χ0) is 28.5. The van der Waals surface area contributed by atoms with Gasteiger partial charge in [0.05, 0.1) is 17.9 Å². The van der Waals surface area contributed by atoms with Crippen LogP contribution in [0.5, 0.6) is 0 Å². The van der Waals surface area contributed by atoms with E-state index in [0.717, 1.165) is 51.6 Å². The first-order valence-corrected chi connectivity index (χ1v) is 16.3. The summed E-state index contributed by atoms with van der Waals surface area (Å²) in [7, 11) is -3.93.